The number of rotatable bonds is 44. The fourth-order valence-corrected chi connectivity index (χ4v) is 10.9. The quantitative estimate of drug-likeness (QED) is 0.0121. The van der Waals surface area contributed by atoms with Crippen LogP contribution >= 0.6 is 0 Å². The Morgan fingerprint density at radius 2 is 0.690 bits per heavy atom. The molecule has 8 aromatic carbocycles. The highest BCUT2D eigenvalue weighted by Gasteiger charge is 2.12. The van der Waals surface area contributed by atoms with Gasteiger partial charge in [0, 0.05) is 64.1 Å². The van der Waals surface area contributed by atoms with Crippen LogP contribution in [0.15, 0.2) is 215 Å². The number of esters is 4. The number of fused-ring (bicyclic) bond motifs is 2. The number of aryl methyl sites for hydroxylation is 1. The Labute approximate surface area is 592 Å². The van der Waals surface area contributed by atoms with Crippen molar-refractivity contribution < 1.29 is 47.6 Å². The van der Waals surface area contributed by atoms with Gasteiger partial charge in [0.2, 0.25) is 0 Å². The molecule has 0 amide bonds. The third-order valence-electron chi connectivity index (χ3n) is 16.7. The second-order valence-electron chi connectivity index (χ2n) is 25.2. The smallest absolute Gasteiger partial charge is 0.338 e. The van der Waals surface area contributed by atoms with Gasteiger partial charge < -0.3 is 39.1 Å². The standard InChI is InChI=1S/C46H57N3O7.C38H45N3O3/c1-35(2)45(51)55-32-16-9-7-5-4-6-8-15-31-54-40-26-20-37(21-27-40)34-47-43-28-29-44(42-19-13-12-18-41(42)43)49-48-39-24-22-38(23-25-39)46(52)56-33-17-11-10-14-30-53-36(3)50;1-29(2)38(42)44-27-13-9-7-5-4-6-8-12-26-43-33-22-18-31(19-23-33)28-39-36-24-25-37(35-15-11-10-14-34(35)36)41-40-32-20-16-30(3)17-21-32/h12-13,18-29,47H,1,4-11,14-17,30-34H2,2-3H3;10-11,14-25,39H,1,4-9,12-13,26-28H2,2-3H3. The molecule has 0 atom stereocenters. The molecule has 0 aliphatic heterocycles. The molecule has 0 aliphatic carbocycles. The summed E-state index contributed by atoms with van der Waals surface area (Å²) in [4.78, 5) is 46.0. The van der Waals surface area contributed by atoms with Gasteiger partial charge in [0.1, 0.15) is 11.5 Å². The van der Waals surface area contributed by atoms with E-state index in [0.29, 0.717) is 68.5 Å². The predicted molar refractivity (Wildman–Crippen MR) is 403 cm³/mol. The Hall–Kier alpha value is -9.96. The molecule has 8 rings (SSSR count). The van der Waals surface area contributed by atoms with Gasteiger partial charge >= 0.3 is 23.9 Å². The summed E-state index contributed by atoms with van der Waals surface area (Å²) >= 11 is 0. The molecule has 0 aromatic heterocycles. The zero-order valence-corrected chi connectivity index (χ0v) is 59.3. The van der Waals surface area contributed by atoms with Gasteiger partial charge in [-0.05, 0) is 168 Å². The SMILES string of the molecule is C=C(C)C(=O)OCCCCCCCCCCOc1ccc(CNc2ccc(N=Nc3ccc(C(=O)OCCCCCCOC(C)=O)cc3)c3ccccc23)cc1.C=C(C)C(=O)OCCCCCCCCCCOc1ccc(CNc2ccc(N=Nc3ccc(C)cc3)c3ccccc23)cc1. The zero-order valence-electron chi connectivity index (χ0n) is 59.3. The fraction of sp³-hybridized carbons (Fsp3) is 0.381. The van der Waals surface area contributed by atoms with Crippen molar-refractivity contribution in [3.63, 3.8) is 0 Å². The van der Waals surface area contributed by atoms with E-state index in [1.807, 2.05) is 78.9 Å². The maximum atomic E-state index is 12.5. The molecular formula is C84H102N6O10. The van der Waals surface area contributed by atoms with Crippen LogP contribution in [-0.4, -0.2) is 63.5 Å². The topological polar surface area (TPSA) is 197 Å². The number of benzene rings is 8. The van der Waals surface area contributed by atoms with Crippen LogP contribution in [0, 0.1) is 6.92 Å². The maximum Gasteiger partial charge on any atom is 0.338 e. The summed E-state index contributed by atoms with van der Waals surface area (Å²) in [6.07, 6.45) is 21.5. The number of nitrogens with one attached hydrogen (secondary N) is 2. The van der Waals surface area contributed by atoms with Crippen LogP contribution < -0.4 is 20.1 Å². The molecule has 0 radical (unpaired) electrons. The highest BCUT2D eigenvalue weighted by atomic mass is 16.5. The molecule has 0 aliphatic rings. The van der Waals surface area contributed by atoms with Crippen molar-refractivity contribution in [2.24, 2.45) is 20.5 Å². The lowest BCUT2D eigenvalue weighted by Crippen LogP contribution is -2.06. The molecule has 0 spiro atoms. The van der Waals surface area contributed by atoms with E-state index in [4.69, 9.17) is 28.4 Å². The summed E-state index contributed by atoms with van der Waals surface area (Å²) in [6.45, 7) is 18.6. The number of hydrogen-bond donors (Lipinski definition) is 2. The molecule has 0 bridgehead atoms. The van der Waals surface area contributed by atoms with Gasteiger partial charge in [0.05, 0.1) is 68.0 Å². The second kappa shape index (κ2) is 44.9. The van der Waals surface area contributed by atoms with E-state index in [1.165, 1.54) is 75.8 Å². The van der Waals surface area contributed by atoms with Crippen LogP contribution in [0.1, 0.15) is 176 Å². The zero-order chi connectivity index (χ0) is 70.8. The van der Waals surface area contributed by atoms with E-state index in [0.717, 1.165) is 144 Å². The van der Waals surface area contributed by atoms with Crippen molar-refractivity contribution in [2.75, 3.05) is 50.3 Å². The van der Waals surface area contributed by atoms with E-state index in [2.05, 4.69) is 118 Å². The summed E-state index contributed by atoms with van der Waals surface area (Å²) in [5.74, 6) is 0.577. The number of unbranched alkanes of at least 4 members (excludes halogenated alkanes) is 17. The number of carbonyl (C=O) groups is 4. The van der Waals surface area contributed by atoms with Crippen molar-refractivity contribution in [3.8, 4) is 11.5 Å². The van der Waals surface area contributed by atoms with Crippen molar-refractivity contribution in [2.45, 2.75) is 169 Å². The lowest BCUT2D eigenvalue weighted by molar-refractivity contribution is -0.141. The van der Waals surface area contributed by atoms with Gasteiger partial charge in [-0.1, -0.05) is 181 Å². The number of ether oxygens (including phenoxy) is 6. The van der Waals surface area contributed by atoms with Crippen LogP contribution in [0.5, 0.6) is 11.5 Å². The number of anilines is 2. The molecule has 0 saturated carbocycles. The van der Waals surface area contributed by atoms with Gasteiger partial charge in [-0.15, -0.1) is 10.2 Å². The van der Waals surface area contributed by atoms with E-state index < -0.39 is 0 Å². The minimum atomic E-state index is -0.369. The Morgan fingerprint density at radius 1 is 0.350 bits per heavy atom. The van der Waals surface area contributed by atoms with Crippen molar-refractivity contribution in [1.82, 2.24) is 0 Å². The van der Waals surface area contributed by atoms with E-state index >= 15 is 0 Å². The number of carbonyl (C=O) groups excluding carboxylic acids is 4. The molecule has 528 valence electrons. The number of azo groups is 2. The summed E-state index contributed by atoms with van der Waals surface area (Å²) in [5.41, 5.74) is 10.1. The summed E-state index contributed by atoms with van der Waals surface area (Å²) in [6, 6.07) is 56.0. The van der Waals surface area contributed by atoms with Crippen LogP contribution in [0.2, 0.25) is 0 Å². The first kappa shape index (κ1) is 77.4. The Bertz CT molecular complexity index is 3870. The molecule has 0 fully saturated rings. The average molecular weight is 1360 g/mol. The summed E-state index contributed by atoms with van der Waals surface area (Å²) in [7, 11) is 0. The third kappa shape index (κ3) is 29.2. The lowest BCUT2D eigenvalue weighted by atomic mass is 10.1. The van der Waals surface area contributed by atoms with Gasteiger partial charge in [-0.3, -0.25) is 4.79 Å². The monoisotopic (exact) mass is 1350 g/mol. The van der Waals surface area contributed by atoms with E-state index in [-0.39, 0.29) is 23.9 Å². The molecule has 8 aromatic rings. The van der Waals surface area contributed by atoms with Crippen molar-refractivity contribution >= 4 is 79.5 Å². The Balaban J connectivity index is 0.000000289. The fourth-order valence-electron chi connectivity index (χ4n) is 10.9. The van der Waals surface area contributed by atoms with Crippen LogP contribution in [0.4, 0.5) is 34.1 Å². The highest BCUT2D eigenvalue weighted by Crippen LogP contribution is 2.35. The molecule has 100 heavy (non-hydrogen) atoms. The molecule has 16 heteroatoms. The van der Waals surface area contributed by atoms with Gasteiger partial charge in [0.15, 0.2) is 0 Å². The van der Waals surface area contributed by atoms with Crippen molar-refractivity contribution in [3.05, 3.63) is 216 Å². The minimum Gasteiger partial charge on any atom is -0.494 e. The van der Waals surface area contributed by atoms with E-state index in [1.54, 1.807) is 38.1 Å². The number of hydrogen-bond acceptors (Lipinski definition) is 16. The number of nitrogens with zero attached hydrogens (tertiary/aromatic N) is 4. The normalized spacial score (nSPS) is 11.1. The summed E-state index contributed by atoms with van der Waals surface area (Å²) < 4.78 is 32.6. The second-order valence-corrected chi connectivity index (χ2v) is 25.2. The molecule has 2 N–H and O–H groups in total. The average Bonchev–Trinajstić information content (AvgIpc) is 0.810. The molecule has 0 unspecified atom stereocenters. The lowest BCUT2D eigenvalue weighted by Gasteiger charge is -2.12. The Morgan fingerprint density at radius 3 is 1.07 bits per heavy atom. The molecule has 0 saturated heterocycles. The first-order chi connectivity index (χ1) is 48.8. The van der Waals surface area contributed by atoms with Crippen molar-refractivity contribution in [1.29, 1.82) is 0 Å². The first-order valence-corrected chi connectivity index (χ1v) is 35.7. The minimum absolute atomic E-state index is 0.264. The molecule has 0 heterocycles. The van der Waals surface area contributed by atoms with Crippen LogP contribution in [0.25, 0.3) is 21.5 Å². The largest absolute Gasteiger partial charge is 0.494 e. The third-order valence-corrected chi connectivity index (χ3v) is 16.7. The first-order valence-electron chi connectivity index (χ1n) is 35.7. The van der Waals surface area contributed by atoms with Gasteiger partial charge in [-0.25, -0.2) is 14.4 Å². The Kier molecular flexibility index (Phi) is 34.7. The van der Waals surface area contributed by atoms with Gasteiger partial charge in [-0.2, -0.15) is 10.2 Å². The maximum absolute atomic E-state index is 12.5. The van der Waals surface area contributed by atoms with Gasteiger partial charge in [0.25, 0.3) is 0 Å². The molecular weight excluding hydrogens is 1250 g/mol. The molecule has 16 nitrogen and oxygen atoms in total. The highest BCUT2D eigenvalue weighted by molar-refractivity contribution is 6.02. The predicted octanol–water partition coefficient (Wildman–Crippen LogP) is 22.6. The van der Waals surface area contributed by atoms with Crippen LogP contribution in [0.3, 0.4) is 0 Å². The van der Waals surface area contributed by atoms with E-state index in [9.17, 15) is 19.2 Å². The van der Waals surface area contributed by atoms with Crippen LogP contribution in [-0.2, 0) is 46.4 Å². The summed E-state index contributed by atoms with van der Waals surface area (Å²) in [5, 5.41) is 29.4.